The third-order valence-corrected chi connectivity index (χ3v) is 4.38. The molecule has 5 heteroatoms. The van der Waals surface area contributed by atoms with Crippen LogP contribution < -0.4 is 4.74 Å². The molecule has 0 amide bonds. The van der Waals surface area contributed by atoms with Gasteiger partial charge in [0.25, 0.3) is 0 Å². The lowest BCUT2D eigenvalue weighted by Gasteiger charge is -1.99. The summed E-state index contributed by atoms with van der Waals surface area (Å²) in [5, 5.41) is 0. The Kier molecular flexibility index (Phi) is 3.25. The minimum atomic E-state index is 0.716. The minimum Gasteiger partial charge on any atom is -0.492 e. The quantitative estimate of drug-likeness (QED) is 0.466. The molecule has 0 atom stereocenters. The van der Waals surface area contributed by atoms with Gasteiger partial charge in [0.15, 0.2) is 5.75 Å². The van der Waals surface area contributed by atoms with Gasteiger partial charge in [0.2, 0.25) is 0 Å². The van der Waals surface area contributed by atoms with Gasteiger partial charge in [0.05, 0.1) is 29.7 Å². The van der Waals surface area contributed by atoms with Gasteiger partial charge in [-0.15, -0.1) is 0 Å². The van der Waals surface area contributed by atoms with Gasteiger partial charge < -0.3 is 14.7 Å². The first kappa shape index (κ1) is 14.7. The van der Waals surface area contributed by atoms with Gasteiger partial charge in [-0.2, -0.15) is 0 Å². The average molecular weight is 340 g/mol. The first-order chi connectivity index (χ1) is 12.8. The fourth-order valence-corrected chi connectivity index (χ4v) is 3.20. The minimum absolute atomic E-state index is 0.716. The van der Waals surface area contributed by atoms with Crippen molar-refractivity contribution in [3.8, 4) is 5.75 Å². The van der Waals surface area contributed by atoms with E-state index in [1.165, 1.54) is 0 Å². The summed E-state index contributed by atoms with van der Waals surface area (Å²) in [6.45, 7) is 0. The van der Waals surface area contributed by atoms with Crippen LogP contribution in [0.1, 0.15) is 22.8 Å². The van der Waals surface area contributed by atoms with E-state index in [2.05, 4.69) is 19.9 Å². The van der Waals surface area contributed by atoms with Crippen LogP contribution in [-0.2, 0) is 0 Å². The van der Waals surface area contributed by atoms with Crippen LogP contribution in [-0.4, -0.2) is 27.0 Å². The van der Waals surface area contributed by atoms with Crippen LogP contribution in [0.25, 0.3) is 46.4 Å². The smallest absolute Gasteiger partial charge is 0.167 e. The second-order valence-electron chi connectivity index (χ2n) is 6.21. The number of ether oxygens (including phenoxy) is 1. The number of H-pyrrole nitrogens is 2. The first-order valence-electron chi connectivity index (χ1n) is 8.38. The molecular formula is C21H16N4O. The lowest BCUT2D eigenvalue weighted by Crippen LogP contribution is -1.87. The Morgan fingerprint density at radius 3 is 1.96 bits per heavy atom. The van der Waals surface area contributed by atoms with Crippen LogP contribution in [0.4, 0.5) is 0 Å². The van der Waals surface area contributed by atoms with Crippen LogP contribution in [0.3, 0.4) is 0 Å². The van der Waals surface area contributed by atoms with E-state index in [0.29, 0.717) is 5.75 Å². The molecule has 3 aromatic rings. The van der Waals surface area contributed by atoms with E-state index in [4.69, 9.17) is 4.74 Å². The molecule has 0 saturated carbocycles. The molecule has 0 saturated heterocycles. The molecule has 5 heterocycles. The van der Waals surface area contributed by atoms with Crippen molar-refractivity contribution in [2.45, 2.75) is 0 Å². The molecule has 5 nitrogen and oxygen atoms in total. The second-order valence-corrected chi connectivity index (χ2v) is 6.21. The predicted molar refractivity (Wildman–Crippen MR) is 105 cm³/mol. The Labute approximate surface area is 149 Å². The van der Waals surface area contributed by atoms with Crippen molar-refractivity contribution in [1.29, 1.82) is 0 Å². The molecule has 2 aliphatic heterocycles. The zero-order valence-corrected chi connectivity index (χ0v) is 14.2. The van der Waals surface area contributed by atoms with Gasteiger partial charge in [0.1, 0.15) is 5.69 Å². The number of methoxy groups -OCH3 is 1. The standard InChI is InChI=1S/C21H16N4O/c1-26-21-19-8-6-17(24-19)11-15-4-2-13(22-15)10-14-3-5-16(23-14)12-18-7-9-20(21)25-18/h2-12,22,25H,1H3. The van der Waals surface area contributed by atoms with E-state index in [1.54, 1.807) is 7.11 Å². The summed E-state index contributed by atoms with van der Waals surface area (Å²) in [6.07, 6.45) is 7.96. The highest BCUT2D eigenvalue weighted by atomic mass is 16.5. The summed E-state index contributed by atoms with van der Waals surface area (Å²) in [4.78, 5) is 16.1. The van der Waals surface area contributed by atoms with Gasteiger partial charge in [-0.3, -0.25) is 0 Å². The molecule has 0 aromatic carbocycles. The molecule has 0 radical (unpaired) electrons. The molecule has 2 aliphatic rings. The highest BCUT2D eigenvalue weighted by Gasteiger charge is 2.08. The Morgan fingerprint density at radius 1 is 0.692 bits per heavy atom. The van der Waals surface area contributed by atoms with Crippen LogP contribution in [0, 0.1) is 0 Å². The summed E-state index contributed by atoms with van der Waals surface area (Å²) >= 11 is 0. The summed E-state index contributed by atoms with van der Waals surface area (Å²) < 4.78 is 5.61. The second kappa shape index (κ2) is 5.74. The molecule has 2 N–H and O–H groups in total. The number of rotatable bonds is 1. The third-order valence-electron chi connectivity index (χ3n) is 4.38. The molecule has 126 valence electrons. The fraction of sp³-hybridized carbons (Fsp3) is 0.0476. The van der Waals surface area contributed by atoms with E-state index in [9.17, 15) is 0 Å². The molecule has 0 aliphatic carbocycles. The van der Waals surface area contributed by atoms with E-state index in [1.807, 2.05) is 66.8 Å². The van der Waals surface area contributed by atoms with E-state index in [-0.39, 0.29) is 0 Å². The number of fused-ring (bicyclic) bond motifs is 8. The van der Waals surface area contributed by atoms with Gasteiger partial charge in [-0.1, -0.05) is 0 Å². The molecule has 26 heavy (non-hydrogen) atoms. The largest absolute Gasteiger partial charge is 0.492 e. The Balaban J connectivity index is 1.88. The summed E-state index contributed by atoms with van der Waals surface area (Å²) in [6, 6.07) is 14.1. The predicted octanol–water partition coefficient (Wildman–Crippen LogP) is 4.66. The van der Waals surface area contributed by atoms with Crippen molar-refractivity contribution in [1.82, 2.24) is 19.9 Å². The van der Waals surface area contributed by atoms with Gasteiger partial charge in [-0.25, -0.2) is 9.97 Å². The topological polar surface area (TPSA) is 66.6 Å². The highest BCUT2D eigenvalue weighted by Crippen LogP contribution is 2.26. The van der Waals surface area contributed by atoms with Crippen LogP contribution >= 0.6 is 0 Å². The van der Waals surface area contributed by atoms with Gasteiger partial charge in [0, 0.05) is 16.6 Å². The maximum absolute atomic E-state index is 5.61. The van der Waals surface area contributed by atoms with E-state index >= 15 is 0 Å². The van der Waals surface area contributed by atoms with Crippen molar-refractivity contribution in [3.05, 3.63) is 65.2 Å². The molecule has 0 fully saturated rings. The molecule has 0 unspecified atom stereocenters. The lowest BCUT2D eigenvalue weighted by atomic mass is 10.3. The number of hydrogen-bond acceptors (Lipinski definition) is 3. The lowest BCUT2D eigenvalue weighted by molar-refractivity contribution is 0.416. The van der Waals surface area contributed by atoms with Crippen LogP contribution in [0.2, 0.25) is 0 Å². The molecular weight excluding hydrogens is 324 g/mol. The Bertz CT molecular complexity index is 1230. The zero-order chi connectivity index (χ0) is 17.5. The summed E-state index contributed by atoms with van der Waals surface area (Å²) in [5.41, 5.74) is 7.35. The van der Waals surface area contributed by atoms with Gasteiger partial charge in [-0.05, 0) is 66.8 Å². The normalized spacial score (nSPS) is 12.5. The number of aromatic nitrogens is 4. The van der Waals surface area contributed by atoms with E-state index < -0.39 is 0 Å². The third kappa shape index (κ3) is 2.59. The Morgan fingerprint density at radius 2 is 1.27 bits per heavy atom. The van der Waals surface area contributed by atoms with Crippen molar-refractivity contribution >= 4 is 46.4 Å². The van der Waals surface area contributed by atoms with Crippen LogP contribution in [0.5, 0.6) is 5.75 Å². The van der Waals surface area contributed by atoms with Gasteiger partial charge >= 0.3 is 0 Å². The number of nitrogens with zero attached hydrogens (tertiary/aromatic N) is 2. The number of nitrogens with one attached hydrogen (secondary N) is 2. The van der Waals surface area contributed by atoms with E-state index in [0.717, 1.165) is 44.8 Å². The maximum atomic E-state index is 5.61. The van der Waals surface area contributed by atoms with Crippen molar-refractivity contribution < 1.29 is 4.74 Å². The number of hydrogen-bond donors (Lipinski definition) is 2. The molecule has 0 spiro atoms. The SMILES string of the molecule is COc1c2nc(cc3ccc(cc4nc(cc5ccc1[nH]5)C=C4)[nH]3)C=C2. The fourth-order valence-electron chi connectivity index (χ4n) is 3.20. The summed E-state index contributed by atoms with van der Waals surface area (Å²) in [7, 11) is 1.66. The highest BCUT2D eigenvalue weighted by molar-refractivity contribution is 5.81. The number of aromatic amines is 2. The molecule has 5 rings (SSSR count). The summed E-state index contributed by atoms with van der Waals surface area (Å²) in [5.74, 6) is 0.716. The van der Waals surface area contributed by atoms with Crippen molar-refractivity contribution in [2.75, 3.05) is 7.11 Å². The average Bonchev–Trinajstić information content (AvgIpc) is 3.39. The van der Waals surface area contributed by atoms with Crippen LogP contribution in [0.15, 0.2) is 42.5 Å². The maximum Gasteiger partial charge on any atom is 0.167 e. The van der Waals surface area contributed by atoms with Crippen molar-refractivity contribution in [3.63, 3.8) is 0 Å². The monoisotopic (exact) mass is 340 g/mol. The molecule has 3 aromatic heterocycles. The van der Waals surface area contributed by atoms with Crippen molar-refractivity contribution in [2.24, 2.45) is 0 Å². The zero-order valence-electron chi connectivity index (χ0n) is 14.2. The molecule has 8 bridgehead atoms. The Hall–Kier alpha value is -3.60. The first-order valence-corrected chi connectivity index (χ1v) is 8.38.